The highest BCUT2D eigenvalue weighted by molar-refractivity contribution is 5.71. The van der Waals surface area contributed by atoms with Gasteiger partial charge in [0.05, 0.1) is 0 Å². The standard InChI is InChI=1S/C74H128O6/c1-4-7-10-13-16-19-22-24-26-28-30-32-34-35-36-37-38-39-41-42-44-46-48-50-52-55-58-61-64-67-73(76)79-70-71(69-78-72(75)66-63-60-57-54-21-18-15-12-9-6-3)80-74(77)68-65-62-59-56-53-51-49-47-45-43-40-33-31-29-27-25-23-20-17-14-11-8-5-2/h7,10,16,19,23-26,29-32,35-36,38-39,71H,4-6,8-9,11-15,17-18,20-22,27-28,33-34,37,40-70H2,1-3H3/b10-7-,19-16-,25-23-,26-24-,31-29-,32-30-,36-35-,39-38-. The average Bonchev–Trinajstić information content (AvgIpc) is 3.46. The quantitative estimate of drug-likeness (QED) is 0.0261. The van der Waals surface area contributed by atoms with E-state index < -0.39 is 6.10 Å². The molecule has 0 aromatic carbocycles. The fourth-order valence-corrected chi connectivity index (χ4v) is 9.71. The van der Waals surface area contributed by atoms with Crippen molar-refractivity contribution in [3.63, 3.8) is 0 Å². The van der Waals surface area contributed by atoms with Crippen LogP contribution < -0.4 is 0 Å². The van der Waals surface area contributed by atoms with Gasteiger partial charge in [-0.3, -0.25) is 14.4 Å². The summed E-state index contributed by atoms with van der Waals surface area (Å²) in [6.07, 6.45) is 91.4. The Balaban J connectivity index is 4.22. The molecule has 1 atom stereocenters. The Morgan fingerprint density at radius 2 is 0.487 bits per heavy atom. The Hall–Kier alpha value is -3.67. The second kappa shape index (κ2) is 67.8. The van der Waals surface area contributed by atoms with Crippen molar-refractivity contribution in [1.29, 1.82) is 0 Å². The molecule has 0 saturated heterocycles. The van der Waals surface area contributed by atoms with Crippen LogP contribution in [-0.4, -0.2) is 37.2 Å². The van der Waals surface area contributed by atoms with Crippen molar-refractivity contribution in [2.75, 3.05) is 13.2 Å². The third kappa shape index (κ3) is 65.1. The summed E-state index contributed by atoms with van der Waals surface area (Å²) in [7, 11) is 0. The molecule has 0 aliphatic carbocycles. The van der Waals surface area contributed by atoms with E-state index in [0.29, 0.717) is 19.3 Å². The minimum absolute atomic E-state index is 0.0760. The normalized spacial score (nSPS) is 12.7. The van der Waals surface area contributed by atoms with Crippen LogP contribution in [0, 0.1) is 0 Å². The molecule has 0 bridgehead atoms. The Morgan fingerprint density at radius 1 is 0.263 bits per heavy atom. The van der Waals surface area contributed by atoms with Gasteiger partial charge in [-0.1, -0.05) is 311 Å². The van der Waals surface area contributed by atoms with Crippen molar-refractivity contribution < 1.29 is 28.6 Å². The molecular weight excluding hydrogens is 985 g/mol. The van der Waals surface area contributed by atoms with E-state index in [-0.39, 0.29) is 31.1 Å². The molecule has 0 aliphatic heterocycles. The molecule has 0 aliphatic rings. The van der Waals surface area contributed by atoms with Gasteiger partial charge < -0.3 is 14.2 Å². The molecule has 80 heavy (non-hydrogen) atoms. The van der Waals surface area contributed by atoms with Crippen LogP contribution in [0.15, 0.2) is 97.2 Å². The van der Waals surface area contributed by atoms with Crippen molar-refractivity contribution in [3.8, 4) is 0 Å². The number of carbonyl (C=O) groups is 3. The fraction of sp³-hybridized carbons (Fsp3) is 0.743. The van der Waals surface area contributed by atoms with E-state index in [1.54, 1.807) is 0 Å². The maximum atomic E-state index is 12.9. The molecule has 0 rings (SSSR count). The number of hydrogen-bond donors (Lipinski definition) is 0. The third-order valence-electron chi connectivity index (χ3n) is 14.8. The second-order valence-corrected chi connectivity index (χ2v) is 22.7. The van der Waals surface area contributed by atoms with Gasteiger partial charge in [0.2, 0.25) is 0 Å². The number of esters is 3. The van der Waals surface area contributed by atoms with Crippen LogP contribution in [0.2, 0.25) is 0 Å². The van der Waals surface area contributed by atoms with Crippen LogP contribution in [0.5, 0.6) is 0 Å². The van der Waals surface area contributed by atoms with Gasteiger partial charge in [0.15, 0.2) is 6.10 Å². The van der Waals surface area contributed by atoms with Crippen LogP contribution in [-0.2, 0) is 28.6 Å². The minimum Gasteiger partial charge on any atom is -0.462 e. The van der Waals surface area contributed by atoms with Crippen LogP contribution in [0.4, 0.5) is 0 Å². The van der Waals surface area contributed by atoms with Crippen molar-refractivity contribution in [2.24, 2.45) is 0 Å². The molecule has 6 heteroatoms. The first kappa shape index (κ1) is 76.3. The smallest absolute Gasteiger partial charge is 0.306 e. The maximum Gasteiger partial charge on any atom is 0.306 e. The van der Waals surface area contributed by atoms with Gasteiger partial charge in [-0.05, 0) is 103 Å². The first-order valence-corrected chi connectivity index (χ1v) is 34.2. The highest BCUT2D eigenvalue weighted by atomic mass is 16.6. The predicted octanol–water partition coefficient (Wildman–Crippen LogP) is 23.6. The lowest BCUT2D eigenvalue weighted by molar-refractivity contribution is -0.167. The molecular formula is C74H128O6. The average molecular weight is 1110 g/mol. The Morgan fingerprint density at radius 3 is 0.762 bits per heavy atom. The summed E-state index contributed by atoms with van der Waals surface area (Å²) in [6, 6.07) is 0. The van der Waals surface area contributed by atoms with Crippen molar-refractivity contribution in [1.82, 2.24) is 0 Å². The summed E-state index contributed by atoms with van der Waals surface area (Å²) in [6.45, 7) is 6.53. The first-order chi connectivity index (χ1) is 39.5. The van der Waals surface area contributed by atoms with Crippen molar-refractivity contribution >= 4 is 17.9 Å². The van der Waals surface area contributed by atoms with Crippen LogP contribution in [0.25, 0.3) is 0 Å². The van der Waals surface area contributed by atoms with E-state index in [9.17, 15) is 14.4 Å². The molecule has 0 amide bonds. The lowest BCUT2D eigenvalue weighted by Crippen LogP contribution is -2.30. The number of ether oxygens (including phenoxy) is 3. The second-order valence-electron chi connectivity index (χ2n) is 22.7. The Bertz CT molecular complexity index is 1560. The van der Waals surface area contributed by atoms with E-state index in [1.807, 2.05) is 0 Å². The topological polar surface area (TPSA) is 78.9 Å². The number of hydrogen-bond acceptors (Lipinski definition) is 6. The molecule has 0 spiro atoms. The molecule has 0 aromatic rings. The monoisotopic (exact) mass is 1110 g/mol. The van der Waals surface area contributed by atoms with Crippen LogP contribution >= 0.6 is 0 Å². The lowest BCUT2D eigenvalue weighted by Gasteiger charge is -2.18. The zero-order chi connectivity index (χ0) is 57.8. The van der Waals surface area contributed by atoms with E-state index in [0.717, 1.165) is 103 Å². The van der Waals surface area contributed by atoms with Crippen LogP contribution in [0.1, 0.15) is 335 Å². The number of rotatable bonds is 62. The van der Waals surface area contributed by atoms with Gasteiger partial charge in [0.1, 0.15) is 13.2 Å². The van der Waals surface area contributed by atoms with Crippen molar-refractivity contribution in [2.45, 2.75) is 341 Å². The lowest BCUT2D eigenvalue weighted by atomic mass is 10.0. The molecule has 0 heterocycles. The zero-order valence-corrected chi connectivity index (χ0v) is 52.8. The highest BCUT2D eigenvalue weighted by Gasteiger charge is 2.19. The SMILES string of the molecule is CC/C=C\C/C=C\C/C=C\C/C=C\C/C=C\C/C=C\CCCCCCCCCCCCC(=O)OCC(COC(=O)CCCCCCCCCCCC)OC(=O)CCCCCCCCCCCCC/C=C\C/C=C\CCCCCCC. The van der Waals surface area contributed by atoms with E-state index in [2.05, 4.69) is 118 Å². The Labute approximate surface area is 496 Å². The van der Waals surface area contributed by atoms with E-state index in [1.165, 1.54) is 193 Å². The number of unbranched alkanes of at least 4 members (excludes halogenated alkanes) is 35. The zero-order valence-electron chi connectivity index (χ0n) is 52.8. The Kier molecular flexibility index (Phi) is 64.7. The summed E-state index contributed by atoms with van der Waals surface area (Å²) in [5.41, 5.74) is 0. The van der Waals surface area contributed by atoms with E-state index in [4.69, 9.17) is 14.2 Å². The maximum absolute atomic E-state index is 12.9. The molecule has 0 N–H and O–H groups in total. The van der Waals surface area contributed by atoms with Gasteiger partial charge in [-0.2, -0.15) is 0 Å². The summed E-state index contributed by atoms with van der Waals surface area (Å²) >= 11 is 0. The summed E-state index contributed by atoms with van der Waals surface area (Å²) < 4.78 is 16.9. The fourth-order valence-electron chi connectivity index (χ4n) is 9.71. The summed E-state index contributed by atoms with van der Waals surface area (Å²) in [5, 5.41) is 0. The molecule has 1 unspecified atom stereocenters. The molecule has 0 radical (unpaired) electrons. The van der Waals surface area contributed by atoms with Gasteiger partial charge in [0.25, 0.3) is 0 Å². The molecule has 460 valence electrons. The summed E-state index contributed by atoms with van der Waals surface area (Å²) in [5.74, 6) is -0.871. The van der Waals surface area contributed by atoms with Gasteiger partial charge in [-0.15, -0.1) is 0 Å². The van der Waals surface area contributed by atoms with Crippen molar-refractivity contribution in [3.05, 3.63) is 97.2 Å². The predicted molar refractivity (Wildman–Crippen MR) is 348 cm³/mol. The van der Waals surface area contributed by atoms with Crippen LogP contribution in [0.3, 0.4) is 0 Å². The van der Waals surface area contributed by atoms with Gasteiger partial charge in [-0.25, -0.2) is 0 Å². The number of allylic oxidation sites excluding steroid dienone is 16. The highest BCUT2D eigenvalue weighted by Crippen LogP contribution is 2.17. The third-order valence-corrected chi connectivity index (χ3v) is 14.8. The van der Waals surface area contributed by atoms with Gasteiger partial charge >= 0.3 is 17.9 Å². The first-order valence-electron chi connectivity index (χ1n) is 34.2. The van der Waals surface area contributed by atoms with Gasteiger partial charge in [0, 0.05) is 19.3 Å². The largest absolute Gasteiger partial charge is 0.462 e. The molecule has 0 aromatic heterocycles. The summed E-state index contributed by atoms with van der Waals surface area (Å²) in [4.78, 5) is 38.3. The minimum atomic E-state index is -0.779. The number of carbonyl (C=O) groups excluding carboxylic acids is 3. The van der Waals surface area contributed by atoms with E-state index >= 15 is 0 Å². The molecule has 0 saturated carbocycles. The molecule has 6 nitrogen and oxygen atoms in total. The molecule has 0 fully saturated rings.